The third-order valence-electron chi connectivity index (χ3n) is 14.0. The van der Waals surface area contributed by atoms with Crippen molar-refractivity contribution in [2.45, 2.75) is 0 Å². The molecule has 0 bridgehead atoms. The Morgan fingerprint density at radius 3 is 0.969 bits per heavy atom. The molecule has 0 saturated heterocycles. The van der Waals surface area contributed by atoms with Crippen LogP contribution in [0.4, 0.5) is 17.1 Å². The Hall–Kier alpha value is -8.52. The van der Waals surface area contributed by atoms with E-state index >= 15 is 0 Å². The van der Waals surface area contributed by atoms with Crippen LogP contribution in [-0.2, 0) is 0 Å². The van der Waals surface area contributed by atoms with Gasteiger partial charge in [-0.25, -0.2) is 0 Å². The summed E-state index contributed by atoms with van der Waals surface area (Å²) in [6, 6.07) is 87.8. The number of hydrogen-bond donors (Lipinski definition) is 0. The molecule has 0 unspecified atom stereocenters. The summed E-state index contributed by atoms with van der Waals surface area (Å²) in [4.78, 5) is 2.50. The summed E-state index contributed by atoms with van der Waals surface area (Å²) in [6.45, 7) is 0. The van der Waals surface area contributed by atoms with E-state index in [-0.39, 0.29) is 0 Å². The van der Waals surface area contributed by atoms with Gasteiger partial charge in [0, 0.05) is 16.5 Å². The van der Waals surface area contributed by atoms with Gasteiger partial charge in [0.2, 0.25) is 0 Å². The van der Waals surface area contributed by atoms with Crippen LogP contribution in [0.2, 0.25) is 0 Å². The molecule has 0 saturated carbocycles. The number of fused-ring (bicyclic) bond motifs is 12. The fourth-order valence-corrected chi connectivity index (χ4v) is 10.7. The van der Waals surface area contributed by atoms with Crippen molar-refractivity contribution in [2.24, 2.45) is 0 Å². The van der Waals surface area contributed by atoms with Crippen molar-refractivity contribution >= 4 is 60.2 Å². The number of hydrogen-bond acceptors (Lipinski definition) is 1. The zero-order chi connectivity index (χ0) is 42.6. The summed E-state index contributed by atoms with van der Waals surface area (Å²) in [5.74, 6) is 0. The molecule has 12 aromatic rings. The second-order valence-corrected chi connectivity index (χ2v) is 17.7. The maximum absolute atomic E-state index is 2.50. The molecule has 0 spiro atoms. The Morgan fingerprint density at radius 2 is 0.538 bits per heavy atom. The highest BCUT2D eigenvalue weighted by Crippen LogP contribution is 2.55. The molecule has 0 aromatic heterocycles. The molecule has 1 nitrogen and oxygen atoms in total. The molecule has 1 heteroatoms. The van der Waals surface area contributed by atoms with Crippen molar-refractivity contribution in [2.75, 3.05) is 4.90 Å². The van der Waals surface area contributed by atoms with Gasteiger partial charge < -0.3 is 4.90 Å². The number of benzene rings is 12. The van der Waals surface area contributed by atoms with E-state index in [9.17, 15) is 0 Å². The Bertz CT molecular complexity index is 3690. The molecule has 0 heterocycles. The summed E-state index contributed by atoms with van der Waals surface area (Å²) in [6.07, 6.45) is 0. The Balaban J connectivity index is 0.926. The molecule has 0 atom stereocenters. The highest BCUT2D eigenvalue weighted by molar-refractivity contribution is 6.17. The third-order valence-corrected chi connectivity index (χ3v) is 14.0. The molecular formula is C64H39N. The van der Waals surface area contributed by atoms with Gasteiger partial charge >= 0.3 is 0 Å². The zero-order valence-electron chi connectivity index (χ0n) is 35.5. The zero-order valence-corrected chi connectivity index (χ0v) is 35.5. The summed E-state index contributed by atoms with van der Waals surface area (Å²) in [5, 5.41) is 10.0. The molecule has 14 rings (SSSR count). The molecule has 0 aliphatic heterocycles. The van der Waals surface area contributed by atoms with Gasteiger partial charge in [-0.2, -0.15) is 0 Å². The predicted molar refractivity (Wildman–Crippen MR) is 276 cm³/mol. The van der Waals surface area contributed by atoms with Crippen LogP contribution in [0, 0.1) is 0 Å². The van der Waals surface area contributed by atoms with Crippen LogP contribution in [0.1, 0.15) is 0 Å². The van der Waals surface area contributed by atoms with E-state index in [1.54, 1.807) is 0 Å². The summed E-state index contributed by atoms with van der Waals surface area (Å²) < 4.78 is 0. The summed E-state index contributed by atoms with van der Waals surface area (Å²) >= 11 is 0. The van der Waals surface area contributed by atoms with Gasteiger partial charge in [-0.05, 0) is 195 Å². The Morgan fingerprint density at radius 1 is 0.200 bits per heavy atom. The van der Waals surface area contributed by atoms with Gasteiger partial charge in [0.25, 0.3) is 0 Å². The lowest BCUT2D eigenvalue weighted by atomic mass is 9.77. The van der Waals surface area contributed by atoms with Gasteiger partial charge in [0.1, 0.15) is 0 Å². The third kappa shape index (κ3) is 5.66. The van der Waals surface area contributed by atoms with Crippen molar-refractivity contribution in [1.29, 1.82) is 0 Å². The first-order valence-electron chi connectivity index (χ1n) is 22.6. The first kappa shape index (κ1) is 36.0. The van der Waals surface area contributed by atoms with E-state index in [1.165, 1.54) is 121 Å². The molecule has 0 amide bonds. The lowest BCUT2D eigenvalue weighted by Crippen LogP contribution is -2.12. The van der Waals surface area contributed by atoms with Crippen LogP contribution >= 0.6 is 0 Å². The smallest absolute Gasteiger partial charge is 0.0540 e. The average molecular weight is 822 g/mol. The van der Waals surface area contributed by atoms with E-state index in [2.05, 4.69) is 241 Å². The maximum Gasteiger partial charge on any atom is 0.0540 e. The average Bonchev–Trinajstić information content (AvgIpc) is 3.37. The molecule has 65 heavy (non-hydrogen) atoms. The Labute approximate surface area is 377 Å². The SMILES string of the molecule is c1ccc(-c2ccc(N(c3cccc4cc5c(cc34)-c3cc4cc(-c6ccccc6)ccc4cc3-5)c3cccc4cc5c(cc34)-c3cc4cc(-c6ccccc6)ccc4cc3-5)cc2)cc1. The molecule has 0 N–H and O–H groups in total. The van der Waals surface area contributed by atoms with Crippen LogP contribution in [0.15, 0.2) is 237 Å². The van der Waals surface area contributed by atoms with Crippen LogP contribution in [0.5, 0.6) is 0 Å². The molecular weight excluding hydrogens is 783 g/mol. The van der Waals surface area contributed by atoms with Crippen molar-refractivity contribution in [3.8, 4) is 77.9 Å². The minimum Gasteiger partial charge on any atom is -0.309 e. The first-order chi connectivity index (χ1) is 32.2. The quantitative estimate of drug-likeness (QED) is 0.161. The molecule has 2 aliphatic carbocycles. The predicted octanol–water partition coefficient (Wildman–Crippen LogP) is 18.1. The normalized spacial score (nSPS) is 12.0. The van der Waals surface area contributed by atoms with E-state index in [0.717, 1.165) is 17.1 Å². The van der Waals surface area contributed by atoms with Crippen LogP contribution in [-0.4, -0.2) is 0 Å². The largest absolute Gasteiger partial charge is 0.309 e. The molecule has 0 fully saturated rings. The van der Waals surface area contributed by atoms with Crippen molar-refractivity contribution < 1.29 is 0 Å². The highest BCUT2D eigenvalue weighted by Gasteiger charge is 2.28. The number of nitrogens with zero attached hydrogens (tertiary/aromatic N) is 1. The monoisotopic (exact) mass is 821 g/mol. The minimum atomic E-state index is 1.12. The van der Waals surface area contributed by atoms with Crippen LogP contribution < -0.4 is 4.90 Å². The fraction of sp³-hybridized carbons (Fsp3) is 0. The minimum absolute atomic E-state index is 1.12. The molecule has 12 aromatic carbocycles. The van der Waals surface area contributed by atoms with Gasteiger partial charge in [-0.3, -0.25) is 0 Å². The summed E-state index contributed by atoms with van der Waals surface area (Å²) in [5.41, 5.74) is 21.4. The number of anilines is 3. The second kappa shape index (κ2) is 14.0. The van der Waals surface area contributed by atoms with E-state index in [1.807, 2.05) is 0 Å². The molecule has 300 valence electrons. The second-order valence-electron chi connectivity index (χ2n) is 17.7. The highest BCUT2D eigenvalue weighted by atomic mass is 15.1. The molecule has 0 radical (unpaired) electrons. The van der Waals surface area contributed by atoms with E-state index < -0.39 is 0 Å². The number of rotatable bonds is 6. The van der Waals surface area contributed by atoms with Gasteiger partial charge in [0.15, 0.2) is 0 Å². The Kier molecular flexibility index (Phi) is 7.75. The topological polar surface area (TPSA) is 3.24 Å². The maximum atomic E-state index is 2.50. The van der Waals surface area contributed by atoms with E-state index in [0.29, 0.717) is 0 Å². The lowest BCUT2D eigenvalue weighted by molar-refractivity contribution is 1.31. The molecule has 2 aliphatic rings. The van der Waals surface area contributed by atoms with Gasteiger partial charge in [0.05, 0.1) is 11.4 Å². The van der Waals surface area contributed by atoms with Crippen LogP contribution in [0.25, 0.3) is 121 Å². The standard InChI is InChI=1S/C64H39N/c1-4-12-40(13-5-1)43-26-28-52(29-27-43)65(63-20-10-18-48-34-57-55-32-46-24-22-44(41-14-6-2-7-15-41)30-50(46)36-59(55)61(57)38-53(48)63)64-21-11-19-49-35-58-56-33-47-25-23-45(42-16-8-3-9-17-42)31-51(47)37-60(56)62(58)39-54(49)64/h1-39H. The van der Waals surface area contributed by atoms with Gasteiger partial charge in [-0.1, -0.05) is 152 Å². The first-order valence-corrected chi connectivity index (χ1v) is 22.6. The summed E-state index contributed by atoms with van der Waals surface area (Å²) in [7, 11) is 0. The van der Waals surface area contributed by atoms with Crippen molar-refractivity contribution in [3.63, 3.8) is 0 Å². The lowest BCUT2D eigenvalue weighted by Gasteiger charge is -2.31. The van der Waals surface area contributed by atoms with Gasteiger partial charge in [-0.15, -0.1) is 0 Å². The van der Waals surface area contributed by atoms with Crippen molar-refractivity contribution in [3.05, 3.63) is 237 Å². The van der Waals surface area contributed by atoms with Crippen LogP contribution in [0.3, 0.4) is 0 Å². The fourth-order valence-electron chi connectivity index (χ4n) is 10.7. The van der Waals surface area contributed by atoms with Crippen molar-refractivity contribution in [1.82, 2.24) is 0 Å². The van der Waals surface area contributed by atoms with E-state index in [4.69, 9.17) is 0 Å².